The Morgan fingerprint density at radius 2 is 1.85 bits per heavy atom. The first-order valence-corrected chi connectivity index (χ1v) is 8.07. The molecule has 0 aromatic heterocycles. The monoisotopic (exact) mass is 338 g/mol. The Balaban J connectivity index is 1.82. The lowest BCUT2D eigenvalue weighted by Crippen LogP contribution is -2.48. The van der Waals surface area contributed by atoms with E-state index in [1.54, 1.807) is 0 Å². The predicted octanol–water partition coefficient (Wildman–Crippen LogP) is 2.91. The lowest BCUT2D eigenvalue weighted by atomic mass is 10.1. The number of hydrogen-bond donors (Lipinski definition) is 0. The first kappa shape index (κ1) is 15.7. The molecule has 0 spiro atoms. The number of nitrogens with zero attached hydrogens (tertiary/aromatic N) is 2. The molecule has 1 aliphatic rings. The van der Waals surface area contributed by atoms with E-state index in [0.29, 0.717) is 12.5 Å². The molecule has 0 aliphatic carbocycles. The molecule has 0 amide bonds. The Bertz CT molecular complexity index is 454. The van der Waals surface area contributed by atoms with Crippen molar-refractivity contribution in [2.75, 3.05) is 39.3 Å². The lowest BCUT2D eigenvalue weighted by molar-refractivity contribution is 0.0837. The Kier molecular flexibility index (Phi) is 5.75. The molecule has 1 aliphatic heterocycles. The average Bonchev–Trinajstić information content (AvgIpc) is 2.40. The van der Waals surface area contributed by atoms with Crippen LogP contribution in [0.15, 0.2) is 28.7 Å². The van der Waals surface area contributed by atoms with Gasteiger partial charge in [0.1, 0.15) is 0 Å². The van der Waals surface area contributed by atoms with Crippen LogP contribution in [0.1, 0.15) is 24.2 Å². The summed E-state index contributed by atoms with van der Waals surface area (Å²) >= 11 is 3.41. The number of hydrogen-bond acceptors (Lipinski definition) is 3. The van der Waals surface area contributed by atoms with Gasteiger partial charge in [-0.3, -0.25) is 9.69 Å². The van der Waals surface area contributed by atoms with E-state index in [1.165, 1.54) is 0 Å². The fourth-order valence-electron chi connectivity index (χ4n) is 2.60. The standard InChI is InChI=1S/C16H23BrN2O/c1-13(2)11-18-6-8-19(9-7-18)12-16(20)14-4-3-5-15(17)10-14/h3-5,10,13H,6-9,11-12H2,1-2H3. The van der Waals surface area contributed by atoms with Crippen LogP contribution in [-0.2, 0) is 0 Å². The van der Waals surface area contributed by atoms with E-state index in [2.05, 4.69) is 39.6 Å². The summed E-state index contributed by atoms with van der Waals surface area (Å²) in [5.74, 6) is 0.925. The molecule has 2 rings (SSSR count). The Morgan fingerprint density at radius 3 is 2.45 bits per heavy atom. The Morgan fingerprint density at radius 1 is 1.20 bits per heavy atom. The molecule has 0 saturated carbocycles. The number of carbonyl (C=O) groups excluding carboxylic acids is 1. The van der Waals surface area contributed by atoms with Crippen LogP contribution >= 0.6 is 15.9 Å². The van der Waals surface area contributed by atoms with Crippen molar-refractivity contribution in [3.8, 4) is 0 Å². The van der Waals surface area contributed by atoms with Gasteiger partial charge in [0.15, 0.2) is 5.78 Å². The van der Waals surface area contributed by atoms with E-state index in [9.17, 15) is 4.79 Å². The van der Waals surface area contributed by atoms with Crippen molar-refractivity contribution in [1.29, 1.82) is 0 Å². The van der Waals surface area contributed by atoms with E-state index < -0.39 is 0 Å². The van der Waals surface area contributed by atoms with Crippen LogP contribution in [0.25, 0.3) is 0 Å². The maximum absolute atomic E-state index is 12.2. The van der Waals surface area contributed by atoms with Gasteiger partial charge in [0, 0.05) is 42.8 Å². The third kappa shape index (κ3) is 4.69. The topological polar surface area (TPSA) is 23.6 Å². The van der Waals surface area contributed by atoms with Crippen LogP contribution in [-0.4, -0.2) is 54.9 Å². The molecule has 1 aromatic rings. The number of carbonyl (C=O) groups is 1. The summed E-state index contributed by atoms with van der Waals surface area (Å²) in [6.07, 6.45) is 0. The first-order valence-electron chi connectivity index (χ1n) is 7.28. The smallest absolute Gasteiger partial charge is 0.176 e. The highest BCUT2D eigenvalue weighted by Crippen LogP contribution is 2.13. The van der Waals surface area contributed by atoms with Gasteiger partial charge >= 0.3 is 0 Å². The second-order valence-electron chi connectivity index (χ2n) is 5.90. The van der Waals surface area contributed by atoms with Gasteiger partial charge in [-0.15, -0.1) is 0 Å². The summed E-state index contributed by atoms with van der Waals surface area (Å²) in [5.41, 5.74) is 0.795. The van der Waals surface area contributed by atoms with E-state index in [-0.39, 0.29) is 5.78 Å². The molecule has 0 N–H and O–H groups in total. The molecule has 3 nitrogen and oxygen atoms in total. The molecule has 1 aromatic carbocycles. The van der Waals surface area contributed by atoms with Gasteiger partial charge in [-0.25, -0.2) is 0 Å². The number of benzene rings is 1. The third-order valence-electron chi connectivity index (χ3n) is 3.60. The van der Waals surface area contributed by atoms with E-state index in [0.717, 1.165) is 42.8 Å². The summed E-state index contributed by atoms with van der Waals surface area (Å²) in [6, 6.07) is 7.65. The fourth-order valence-corrected chi connectivity index (χ4v) is 3.00. The van der Waals surface area contributed by atoms with Crippen LogP contribution in [0.2, 0.25) is 0 Å². The predicted molar refractivity (Wildman–Crippen MR) is 86.2 cm³/mol. The first-order chi connectivity index (χ1) is 9.54. The van der Waals surface area contributed by atoms with Crippen molar-refractivity contribution >= 4 is 21.7 Å². The Labute approximate surface area is 130 Å². The van der Waals surface area contributed by atoms with Crippen molar-refractivity contribution < 1.29 is 4.79 Å². The van der Waals surface area contributed by atoms with Crippen molar-refractivity contribution in [1.82, 2.24) is 9.80 Å². The molecule has 0 atom stereocenters. The summed E-state index contributed by atoms with van der Waals surface area (Å²) in [4.78, 5) is 17.0. The van der Waals surface area contributed by atoms with Gasteiger partial charge in [0.2, 0.25) is 0 Å². The molecular formula is C16H23BrN2O. The zero-order valence-electron chi connectivity index (χ0n) is 12.3. The minimum atomic E-state index is 0.212. The zero-order valence-corrected chi connectivity index (χ0v) is 13.9. The molecular weight excluding hydrogens is 316 g/mol. The van der Waals surface area contributed by atoms with Gasteiger partial charge in [0.05, 0.1) is 6.54 Å². The van der Waals surface area contributed by atoms with E-state index in [1.807, 2.05) is 24.3 Å². The molecule has 1 saturated heterocycles. The van der Waals surface area contributed by atoms with E-state index in [4.69, 9.17) is 0 Å². The fraction of sp³-hybridized carbons (Fsp3) is 0.562. The zero-order chi connectivity index (χ0) is 14.5. The average molecular weight is 339 g/mol. The molecule has 1 heterocycles. The summed E-state index contributed by atoms with van der Waals surface area (Å²) < 4.78 is 0.963. The maximum atomic E-state index is 12.2. The molecule has 1 fully saturated rings. The number of rotatable bonds is 5. The molecule has 0 unspecified atom stereocenters. The highest BCUT2D eigenvalue weighted by molar-refractivity contribution is 9.10. The second kappa shape index (κ2) is 7.34. The van der Waals surface area contributed by atoms with Gasteiger partial charge in [0.25, 0.3) is 0 Å². The second-order valence-corrected chi connectivity index (χ2v) is 6.82. The molecule has 110 valence electrons. The third-order valence-corrected chi connectivity index (χ3v) is 4.10. The van der Waals surface area contributed by atoms with Gasteiger partial charge in [-0.2, -0.15) is 0 Å². The van der Waals surface area contributed by atoms with Crippen LogP contribution < -0.4 is 0 Å². The quantitative estimate of drug-likeness (QED) is 0.771. The summed E-state index contributed by atoms with van der Waals surface area (Å²) in [5, 5.41) is 0. The van der Waals surface area contributed by atoms with Crippen LogP contribution in [0, 0.1) is 5.92 Å². The van der Waals surface area contributed by atoms with Crippen LogP contribution in [0.4, 0.5) is 0 Å². The normalized spacial score (nSPS) is 17.6. The van der Waals surface area contributed by atoms with Crippen molar-refractivity contribution in [3.05, 3.63) is 34.3 Å². The van der Waals surface area contributed by atoms with Crippen molar-refractivity contribution in [3.63, 3.8) is 0 Å². The van der Waals surface area contributed by atoms with E-state index >= 15 is 0 Å². The molecule has 0 radical (unpaired) electrons. The number of halogens is 1. The van der Waals surface area contributed by atoms with Gasteiger partial charge in [-0.1, -0.05) is 41.9 Å². The van der Waals surface area contributed by atoms with Crippen molar-refractivity contribution in [2.45, 2.75) is 13.8 Å². The molecule has 4 heteroatoms. The number of ketones is 1. The summed E-state index contributed by atoms with van der Waals surface area (Å²) in [7, 11) is 0. The SMILES string of the molecule is CC(C)CN1CCN(CC(=O)c2cccc(Br)c2)CC1. The lowest BCUT2D eigenvalue weighted by Gasteiger charge is -2.35. The Hall–Kier alpha value is -0.710. The maximum Gasteiger partial charge on any atom is 0.176 e. The van der Waals surface area contributed by atoms with Gasteiger partial charge in [-0.05, 0) is 18.1 Å². The highest BCUT2D eigenvalue weighted by Gasteiger charge is 2.19. The largest absolute Gasteiger partial charge is 0.301 e. The minimum absolute atomic E-state index is 0.212. The number of piperazine rings is 1. The van der Waals surface area contributed by atoms with Crippen LogP contribution in [0.5, 0.6) is 0 Å². The van der Waals surface area contributed by atoms with Crippen molar-refractivity contribution in [2.24, 2.45) is 5.92 Å². The van der Waals surface area contributed by atoms with Gasteiger partial charge < -0.3 is 4.90 Å². The summed E-state index contributed by atoms with van der Waals surface area (Å²) in [6.45, 7) is 10.3. The minimum Gasteiger partial charge on any atom is -0.301 e. The number of Topliss-reactive ketones (excluding diaryl/α,β-unsaturated/α-hetero) is 1. The van der Waals surface area contributed by atoms with Crippen LogP contribution in [0.3, 0.4) is 0 Å². The molecule has 20 heavy (non-hydrogen) atoms. The highest BCUT2D eigenvalue weighted by atomic mass is 79.9. The molecule has 0 bridgehead atoms.